The molecule has 1 aliphatic heterocycles. The molecule has 0 amide bonds. The summed E-state index contributed by atoms with van der Waals surface area (Å²) in [5.74, 6) is 7.12. The Bertz CT molecular complexity index is 970. The second-order valence-electron chi connectivity index (χ2n) is 10.3. The highest BCUT2D eigenvalue weighted by Crippen LogP contribution is 2.35. The fraction of sp³-hybridized carbons (Fsp3) is 0.727. The van der Waals surface area contributed by atoms with Gasteiger partial charge >= 0.3 is 0 Å². The molecule has 0 aliphatic carbocycles. The summed E-state index contributed by atoms with van der Waals surface area (Å²) in [5.41, 5.74) is 0.940. The molecule has 10 heteroatoms. The third kappa shape index (κ3) is 6.55. The van der Waals surface area contributed by atoms with Gasteiger partial charge in [-0.15, -0.1) is 0 Å². The van der Waals surface area contributed by atoms with E-state index in [9.17, 15) is 13.2 Å². The van der Waals surface area contributed by atoms with Crippen molar-refractivity contribution in [2.24, 2.45) is 23.1 Å². The van der Waals surface area contributed by atoms with Crippen molar-refractivity contribution < 1.29 is 8.42 Å². The molecule has 0 unspecified atom stereocenters. The highest BCUT2D eigenvalue weighted by Gasteiger charge is 2.29. The fourth-order valence-electron chi connectivity index (χ4n) is 3.92. The molecule has 1 aliphatic rings. The van der Waals surface area contributed by atoms with Crippen LogP contribution >= 0.6 is 0 Å². The van der Waals surface area contributed by atoms with Crippen LogP contribution in [0.1, 0.15) is 53.2 Å². The zero-order chi connectivity index (χ0) is 24.4. The Morgan fingerprint density at radius 3 is 2.31 bits per heavy atom. The first-order valence-electron chi connectivity index (χ1n) is 11.1. The van der Waals surface area contributed by atoms with Crippen LogP contribution in [0.4, 0.5) is 11.6 Å². The van der Waals surface area contributed by atoms with Crippen molar-refractivity contribution in [2.75, 3.05) is 49.4 Å². The van der Waals surface area contributed by atoms with Crippen LogP contribution in [-0.2, 0) is 10.0 Å². The molecule has 0 radical (unpaired) electrons. The number of anilines is 2. The van der Waals surface area contributed by atoms with E-state index in [0.717, 1.165) is 18.4 Å². The molecular weight excluding hydrogens is 428 g/mol. The number of H-pyrrole nitrogens is 1. The van der Waals surface area contributed by atoms with Gasteiger partial charge in [0, 0.05) is 33.2 Å². The Labute approximate surface area is 192 Å². The lowest BCUT2D eigenvalue weighted by Crippen LogP contribution is -2.43. The minimum atomic E-state index is -3.16. The van der Waals surface area contributed by atoms with E-state index in [-0.39, 0.29) is 11.0 Å². The molecule has 32 heavy (non-hydrogen) atoms. The normalized spacial score (nSPS) is 16.4. The van der Waals surface area contributed by atoms with E-state index in [4.69, 9.17) is 10.8 Å². The minimum Gasteiger partial charge on any atom is -0.342 e. The van der Waals surface area contributed by atoms with Crippen LogP contribution in [0.25, 0.3) is 5.57 Å². The van der Waals surface area contributed by atoms with Gasteiger partial charge in [-0.1, -0.05) is 41.2 Å². The molecule has 0 saturated carbocycles. The van der Waals surface area contributed by atoms with Gasteiger partial charge in [-0.25, -0.2) is 23.5 Å². The second kappa shape index (κ2) is 9.93. The van der Waals surface area contributed by atoms with Crippen molar-refractivity contribution in [1.82, 2.24) is 14.3 Å². The molecule has 1 aromatic rings. The summed E-state index contributed by atoms with van der Waals surface area (Å²) in [4.78, 5) is 22.9. The SMILES string of the molecule is C=C(c1nc(N(CC(C)C)CC2CCN(S(C)(=O)=O)CC2)[nH]c(=O)c1N(C)N)C(C)(C)C. The Kier molecular flexibility index (Phi) is 8.17. The van der Waals surface area contributed by atoms with Crippen molar-refractivity contribution in [3.8, 4) is 0 Å². The van der Waals surface area contributed by atoms with Crippen LogP contribution in [0.15, 0.2) is 11.4 Å². The summed E-state index contributed by atoms with van der Waals surface area (Å²) < 4.78 is 25.2. The summed E-state index contributed by atoms with van der Waals surface area (Å²) in [6.07, 6.45) is 2.81. The molecule has 0 aromatic carbocycles. The lowest BCUT2D eigenvalue weighted by Gasteiger charge is -2.35. The van der Waals surface area contributed by atoms with E-state index in [1.807, 2.05) is 20.8 Å². The number of piperidine rings is 1. The van der Waals surface area contributed by atoms with Gasteiger partial charge in [0.25, 0.3) is 5.56 Å². The van der Waals surface area contributed by atoms with Gasteiger partial charge in [0.15, 0.2) is 0 Å². The smallest absolute Gasteiger partial charge is 0.277 e. The number of hydrazine groups is 1. The van der Waals surface area contributed by atoms with Gasteiger partial charge in [0.05, 0.1) is 6.26 Å². The van der Waals surface area contributed by atoms with Crippen LogP contribution < -0.4 is 21.3 Å². The lowest BCUT2D eigenvalue weighted by atomic mass is 9.85. The predicted octanol–water partition coefficient (Wildman–Crippen LogP) is 2.27. The third-order valence-corrected chi connectivity index (χ3v) is 7.14. The number of hydrogen-bond donors (Lipinski definition) is 2. The first kappa shape index (κ1) is 26.3. The Balaban J connectivity index is 2.40. The molecule has 2 heterocycles. The molecular formula is C22H40N6O3S. The molecule has 3 N–H and O–H groups in total. The summed E-state index contributed by atoms with van der Waals surface area (Å²) in [6, 6.07) is 0. The number of nitrogens with two attached hydrogens (primary N) is 1. The van der Waals surface area contributed by atoms with Crippen molar-refractivity contribution in [1.29, 1.82) is 0 Å². The van der Waals surface area contributed by atoms with E-state index in [0.29, 0.717) is 55.3 Å². The molecule has 1 aromatic heterocycles. The van der Waals surface area contributed by atoms with Gasteiger partial charge in [-0.2, -0.15) is 0 Å². The first-order valence-corrected chi connectivity index (χ1v) is 13.0. The number of aromatic amines is 1. The molecule has 2 rings (SSSR count). The number of hydrogen-bond acceptors (Lipinski definition) is 7. The van der Waals surface area contributed by atoms with E-state index < -0.39 is 10.0 Å². The van der Waals surface area contributed by atoms with Gasteiger partial charge in [0.1, 0.15) is 11.4 Å². The zero-order valence-corrected chi connectivity index (χ0v) is 21.4. The minimum absolute atomic E-state index is 0.288. The first-order chi connectivity index (χ1) is 14.6. The lowest BCUT2D eigenvalue weighted by molar-refractivity contribution is 0.274. The average Bonchev–Trinajstić information content (AvgIpc) is 2.64. The van der Waals surface area contributed by atoms with Crippen molar-refractivity contribution in [2.45, 2.75) is 47.5 Å². The largest absolute Gasteiger partial charge is 0.342 e. The van der Waals surface area contributed by atoms with Crippen molar-refractivity contribution in [3.05, 3.63) is 22.6 Å². The van der Waals surface area contributed by atoms with Crippen LogP contribution in [0.2, 0.25) is 0 Å². The monoisotopic (exact) mass is 468 g/mol. The number of nitrogens with one attached hydrogen (secondary N) is 1. The fourth-order valence-corrected chi connectivity index (χ4v) is 4.80. The number of sulfonamides is 1. The van der Waals surface area contributed by atoms with Crippen LogP contribution in [0, 0.1) is 17.3 Å². The Morgan fingerprint density at radius 1 is 1.31 bits per heavy atom. The standard InChI is InChI=1S/C22H40N6O3S/c1-15(2)13-27(14-17-9-11-28(12-10-17)32(8,30)31)21-24-18(16(3)22(4,5)6)19(26(7)23)20(29)25-21/h15,17H,3,9-14,23H2,1-2,4-8H3,(H,24,25,29). The summed E-state index contributed by atoms with van der Waals surface area (Å²) in [7, 11) is -1.55. The summed E-state index contributed by atoms with van der Waals surface area (Å²) in [5, 5.41) is 1.29. The van der Waals surface area contributed by atoms with E-state index >= 15 is 0 Å². The molecule has 0 bridgehead atoms. The topological polar surface area (TPSA) is 116 Å². The maximum Gasteiger partial charge on any atom is 0.277 e. The second-order valence-corrected chi connectivity index (χ2v) is 12.3. The highest BCUT2D eigenvalue weighted by molar-refractivity contribution is 7.88. The van der Waals surface area contributed by atoms with Gasteiger partial charge in [-0.3, -0.25) is 9.78 Å². The van der Waals surface area contributed by atoms with Gasteiger partial charge in [-0.05, 0) is 35.7 Å². The molecule has 1 fully saturated rings. The van der Waals surface area contributed by atoms with E-state index in [2.05, 4.69) is 30.3 Å². The van der Waals surface area contributed by atoms with Crippen molar-refractivity contribution >= 4 is 27.2 Å². The van der Waals surface area contributed by atoms with Crippen LogP contribution in [0.5, 0.6) is 0 Å². The summed E-state index contributed by atoms with van der Waals surface area (Å²) in [6.45, 7) is 17.0. The summed E-state index contributed by atoms with van der Waals surface area (Å²) >= 11 is 0. The van der Waals surface area contributed by atoms with Crippen LogP contribution in [0.3, 0.4) is 0 Å². The van der Waals surface area contributed by atoms with Gasteiger partial charge < -0.3 is 9.91 Å². The number of rotatable bonds is 8. The maximum atomic E-state index is 13.0. The van der Waals surface area contributed by atoms with Crippen molar-refractivity contribution in [3.63, 3.8) is 0 Å². The number of allylic oxidation sites excluding steroid dienone is 1. The molecule has 9 nitrogen and oxygen atoms in total. The van der Waals surface area contributed by atoms with E-state index in [1.54, 1.807) is 7.05 Å². The van der Waals surface area contributed by atoms with E-state index in [1.165, 1.54) is 15.6 Å². The highest BCUT2D eigenvalue weighted by atomic mass is 32.2. The molecule has 182 valence electrons. The molecule has 1 saturated heterocycles. The number of aromatic nitrogens is 2. The zero-order valence-electron chi connectivity index (χ0n) is 20.6. The number of nitrogens with zero attached hydrogens (tertiary/aromatic N) is 4. The maximum absolute atomic E-state index is 13.0. The van der Waals surface area contributed by atoms with Crippen LogP contribution in [-0.4, -0.2) is 62.2 Å². The molecule has 0 atom stereocenters. The van der Waals surface area contributed by atoms with Gasteiger partial charge in [0.2, 0.25) is 16.0 Å². The Hall–Kier alpha value is -1.91. The Morgan fingerprint density at radius 2 is 1.88 bits per heavy atom. The quantitative estimate of drug-likeness (QED) is 0.444. The predicted molar refractivity (Wildman–Crippen MR) is 132 cm³/mol. The third-order valence-electron chi connectivity index (χ3n) is 5.83. The molecule has 0 spiro atoms. The average molecular weight is 469 g/mol.